The van der Waals surface area contributed by atoms with Gasteiger partial charge in [0.25, 0.3) is 0 Å². The van der Waals surface area contributed by atoms with Gasteiger partial charge in [0.15, 0.2) is 0 Å². The number of hydrogen-bond acceptors (Lipinski definition) is 2. The first-order chi connectivity index (χ1) is 22.3. The lowest BCUT2D eigenvalue weighted by atomic mass is 9.67. The summed E-state index contributed by atoms with van der Waals surface area (Å²) < 4.78 is 2.64. The molecule has 0 bridgehead atoms. The van der Waals surface area contributed by atoms with E-state index in [9.17, 15) is 0 Å². The second kappa shape index (κ2) is 10.3. The first-order valence-corrected chi connectivity index (χ1v) is 16.3. The van der Waals surface area contributed by atoms with E-state index in [1.165, 1.54) is 53.6 Å². The average molecular weight is 592 g/mol. The Balaban J connectivity index is 1.33. The predicted molar refractivity (Wildman–Crippen MR) is 191 cm³/mol. The lowest BCUT2D eigenvalue weighted by Gasteiger charge is -2.34. The molecule has 0 fully saturated rings. The van der Waals surface area contributed by atoms with Crippen molar-refractivity contribution >= 4 is 48.6 Å². The van der Waals surface area contributed by atoms with Crippen LogP contribution in [0, 0.1) is 0 Å². The van der Waals surface area contributed by atoms with Crippen LogP contribution in [0.5, 0.6) is 0 Å². The molecule has 0 radical (unpaired) electrons. The fourth-order valence-electron chi connectivity index (χ4n) is 7.50. The fourth-order valence-corrected chi connectivity index (χ4v) is 8.76. The van der Waals surface area contributed by atoms with Gasteiger partial charge in [0, 0.05) is 37.2 Å². The minimum Gasteiger partial charge on any atom is -0.310 e. The molecule has 0 atom stereocenters. The third-order valence-corrected chi connectivity index (χ3v) is 10.6. The van der Waals surface area contributed by atoms with Crippen LogP contribution >= 0.6 is 11.3 Å². The zero-order valence-corrected chi connectivity index (χ0v) is 25.4. The standard InChI is InChI=1S/C43H29NS/c1-4-15-30(16-5-1)43(38-24-12-10-21-34(38)35-22-11-13-25-39(35)43)40-26-14-23-36-37-29-33(27-28-41(37)45-42(36)40)44(31-17-6-2-7-18-31)32-19-8-3-9-20-32/h1-29H. The van der Waals surface area contributed by atoms with E-state index in [0.29, 0.717) is 0 Å². The van der Waals surface area contributed by atoms with Gasteiger partial charge < -0.3 is 4.90 Å². The molecular weight excluding hydrogens is 563 g/mol. The molecule has 9 rings (SSSR count). The van der Waals surface area contributed by atoms with Crippen LogP contribution in [0.1, 0.15) is 22.3 Å². The van der Waals surface area contributed by atoms with Crippen molar-refractivity contribution in [1.82, 2.24) is 0 Å². The van der Waals surface area contributed by atoms with Gasteiger partial charge in [-0.3, -0.25) is 0 Å². The normalized spacial score (nSPS) is 13.1. The summed E-state index contributed by atoms with van der Waals surface area (Å²) in [6.07, 6.45) is 0. The Morgan fingerprint density at radius 3 is 1.56 bits per heavy atom. The number of para-hydroxylation sites is 2. The van der Waals surface area contributed by atoms with Gasteiger partial charge in [-0.05, 0) is 75.8 Å². The molecule has 1 aromatic heterocycles. The summed E-state index contributed by atoms with van der Waals surface area (Å²) in [4.78, 5) is 2.35. The lowest BCUT2D eigenvalue weighted by Crippen LogP contribution is -2.28. The van der Waals surface area contributed by atoms with E-state index in [1.807, 2.05) is 11.3 Å². The van der Waals surface area contributed by atoms with Gasteiger partial charge >= 0.3 is 0 Å². The molecular formula is C43H29NS. The molecule has 0 spiro atoms. The zero-order chi connectivity index (χ0) is 29.8. The van der Waals surface area contributed by atoms with Crippen molar-refractivity contribution < 1.29 is 0 Å². The quantitative estimate of drug-likeness (QED) is 0.192. The predicted octanol–water partition coefficient (Wildman–Crippen LogP) is 11.9. The summed E-state index contributed by atoms with van der Waals surface area (Å²) in [6.45, 7) is 0. The van der Waals surface area contributed by atoms with Crippen molar-refractivity contribution in [2.75, 3.05) is 4.90 Å². The number of anilines is 3. The van der Waals surface area contributed by atoms with Gasteiger partial charge in [-0.2, -0.15) is 0 Å². The van der Waals surface area contributed by atoms with Crippen molar-refractivity contribution in [3.05, 3.63) is 198 Å². The van der Waals surface area contributed by atoms with Gasteiger partial charge in [-0.25, -0.2) is 0 Å². The maximum Gasteiger partial charge on any atom is 0.0727 e. The van der Waals surface area contributed by atoms with E-state index in [0.717, 1.165) is 17.1 Å². The second-order valence-corrected chi connectivity index (χ2v) is 12.7. The van der Waals surface area contributed by atoms with Crippen molar-refractivity contribution in [3.63, 3.8) is 0 Å². The molecule has 0 N–H and O–H groups in total. The van der Waals surface area contributed by atoms with Crippen LogP contribution in [0.25, 0.3) is 31.3 Å². The molecule has 0 unspecified atom stereocenters. The topological polar surface area (TPSA) is 3.24 Å². The van der Waals surface area contributed by atoms with E-state index in [-0.39, 0.29) is 0 Å². The van der Waals surface area contributed by atoms with Gasteiger partial charge in [0.1, 0.15) is 0 Å². The molecule has 2 heteroatoms. The smallest absolute Gasteiger partial charge is 0.0727 e. The summed E-state index contributed by atoms with van der Waals surface area (Å²) in [5, 5.41) is 2.58. The number of hydrogen-bond donors (Lipinski definition) is 0. The molecule has 0 saturated carbocycles. The van der Waals surface area contributed by atoms with Gasteiger partial charge in [-0.15, -0.1) is 11.3 Å². The number of nitrogens with zero attached hydrogens (tertiary/aromatic N) is 1. The van der Waals surface area contributed by atoms with Crippen molar-refractivity contribution in [2.45, 2.75) is 5.41 Å². The Labute approximate surface area is 267 Å². The first-order valence-electron chi connectivity index (χ1n) is 15.4. The van der Waals surface area contributed by atoms with E-state index in [4.69, 9.17) is 0 Å². The number of thiophene rings is 1. The monoisotopic (exact) mass is 591 g/mol. The highest BCUT2D eigenvalue weighted by Crippen LogP contribution is 2.58. The van der Waals surface area contributed by atoms with Crippen molar-refractivity contribution in [1.29, 1.82) is 0 Å². The molecule has 1 nitrogen and oxygen atoms in total. The van der Waals surface area contributed by atoms with Gasteiger partial charge in [-0.1, -0.05) is 133 Å². The fraction of sp³-hybridized carbons (Fsp3) is 0.0233. The number of fused-ring (bicyclic) bond motifs is 6. The molecule has 212 valence electrons. The Hall–Kier alpha value is -5.44. The maximum absolute atomic E-state index is 2.38. The molecule has 1 aliphatic carbocycles. The Morgan fingerprint density at radius 1 is 0.400 bits per heavy atom. The van der Waals surface area contributed by atoms with E-state index < -0.39 is 5.41 Å². The van der Waals surface area contributed by atoms with Crippen LogP contribution in [0.4, 0.5) is 17.1 Å². The van der Waals surface area contributed by atoms with Crippen LogP contribution < -0.4 is 4.90 Å². The Morgan fingerprint density at radius 2 is 0.933 bits per heavy atom. The number of benzene rings is 7. The highest BCUT2D eigenvalue weighted by molar-refractivity contribution is 7.26. The third kappa shape index (κ3) is 3.86. The third-order valence-electron chi connectivity index (χ3n) is 9.33. The lowest BCUT2D eigenvalue weighted by molar-refractivity contribution is 0.778. The second-order valence-electron chi connectivity index (χ2n) is 11.7. The highest BCUT2D eigenvalue weighted by atomic mass is 32.1. The molecule has 0 amide bonds. The molecule has 7 aromatic carbocycles. The van der Waals surface area contributed by atoms with Crippen LogP contribution in [0.2, 0.25) is 0 Å². The van der Waals surface area contributed by atoms with Crippen LogP contribution in [0.3, 0.4) is 0 Å². The number of rotatable bonds is 5. The average Bonchev–Trinajstić information content (AvgIpc) is 3.64. The summed E-state index contributed by atoms with van der Waals surface area (Å²) in [5.41, 5.74) is 11.0. The van der Waals surface area contributed by atoms with E-state index in [1.54, 1.807) is 0 Å². The summed E-state index contributed by atoms with van der Waals surface area (Å²) in [5.74, 6) is 0. The Bertz CT molecular complexity index is 2240. The zero-order valence-electron chi connectivity index (χ0n) is 24.6. The van der Waals surface area contributed by atoms with Crippen molar-refractivity contribution in [3.8, 4) is 11.1 Å². The van der Waals surface area contributed by atoms with Crippen LogP contribution in [0.15, 0.2) is 176 Å². The van der Waals surface area contributed by atoms with Gasteiger partial charge in [0.2, 0.25) is 0 Å². The van der Waals surface area contributed by atoms with E-state index in [2.05, 4.69) is 181 Å². The first kappa shape index (κ1) is 26.0. The molecule has 1 heterocycles. The summed E-state index contributed by atoms with van der Waals surface area (Å²) in [7, 11) is 0. The van der Waals surface area contributed by atoms with Crippen LogP contribution in [-0.2, 0) is 5.41 Å². The molecule has 0 aliphatic heterocycles. The Kier molecular flexibility index (Phi) is 5.97. The largest absolute Gasteiger partial charge is 0.310 e. The summed E-state index contributed by atoms with van der Waals surface area (Å²) >= 11 is 1.91. The van der Waals surface area contributed by atoms with E-state index >= 15 is 0 Å². The molecule has 1 aliphatic rings. The molecule has 8 aromatic rings. The molecule has 0 saturated heterocycles. The SMILES string of the molecule is c1ccc(N(c2ccccc2)c2ccc3sc4c(C5(c6ccccc6)c6ccccc6-c6ccccc65)cccc4c3c2)cc1. The van der Waals surface area contributed by atoms with Crippen LogP contribution in [-0.4, -0.2) is 0 Å². The maximum atomic E-state index is 2.38. The minimum absolute atomic E-state index is 0.419. The highest BCUT2D eigenvalue weighted by Gasteiger charge is 2.46. The summed E-state index contributed by atoms with van der Waals surface area (Å²) in [6, 6.07) is 64.3. The van der Waals surface area contributed by atoms with Gasteiger partial charge in [0.05, 0.1) is 5.41 Å². The minimum atomic E-state index is -0.419. The molecule has 45 heavy (non-hydrogen) atoms. The van der Waals surface area contributed by atoms with Crippen molar-refractivity contribution in [2.24, 2.45) is 0 Å².